The molecular formula is C25H27N3O3. The monoisotopic (exact) mass is 417 g/mol. The Bertz CT molecular complexity index is 1130. The van der Waals surface area contributed by atoms with Crippen LogP contribution in [0.2, 0.25) is 0 Å². The first-order valence-electron chi connectivity index (χ1n) is 10.5. The first-order valence-corrected chi connectivity index (χ1v) is 10.5. The normalized spacial score (nSPS) is 14.3. The van der Waals surface area contributed by atoms with E-state index in [-0.39, 0.29) is 11.7 Å². The number of benzene rings is 2. The molecule has 0 unspecified atom stereocenters. The number of fused-ring (bicyclic) bond motifs is 1. The van der Waals surface area contributed by atoms with Crippen LogP contribution in [0, 0.1) is 0 Å². The lowest BCUT2D eigenvalue weighted by Gasteiger charge is -2.26. The number of amides is 1. The van der Waals surface area contributed by atoms with Crippen LogP contribution >= 0.6 is 0 Å². The Balaban J connectivity index is 1.31. The van der Waals surface area contributed by atoms with Gasteiger partial charge in [0.2, 0.25) is 5.91 Å². The molecule has 0 bridgehead atoms. The Morgan fingerprint density at radius 2 is 1.97 bits per heavy atom. The van der Waals surface area contributed by atoms with Crippen molar-refractivity contribution in [3.63, 3.8) is 0 Å². The molecule has 1 aliphatic heterocycles. The maximum atomic E-state index is 12.3. The van der Waals surface area contributed by atoms with Crippen molar-refractivity contribution in [1.29, 1.82) is 0 Å². The van der Waals surface area contributed by atoms with E-state index in [9.17, 15) is 9.59 Å². The quantitative estimate of drug-likeness (QED) is 0.555. The minimum atomic E-state index is -0.0194. The molecule has 2 heterocycles. The van der Waals surface area contributed by atoms with E-state index in [0.29, 0.717) is 24.2 Å². The Morgan fingerprint density at radius 3 is 2.65 bits per heavy atom. The van der Waals surface area contributed by atoms with Crippen molar-refractivity contribution in [1.82, 2.24) is 9.88 Å². The molecule has 31 heavy (non-hydrogen) atoms. The zero-order valence-electron chi connectivity index (χ0n) is 17.9. The molecule has 0 aliphatic carbocycles. The number of hydrogen-bond acceptors (Lipinski definition) is 4. The molecule has 0 fully saturated rings. The number of methoxy groups -OCH3 is 1. The molecule has 2 aromatic carbocycles. The van der Waals surface area contributed by atoms with Crippen molar-refractivity contribution in [2.75, 3.05) is 32.1 Å². The first kappa shape index (κ1) is 20.9. The van der Waals surface area contributed by atoms with Crippen LogP contribution in [0.1, 0.15) is 35.7 Å². The van der Waals surface area contributed by atoms with E-state index >= 15 is 0 Å². The number of anilines is 1. The second kappa shape index (κ2) is 9.18. The fraction of sp³-hybridized carbons (Fsp3) is 0.280. The van der Waals surface area contributed by atoms with Crippen molar-refractivity contribution >= 4 is 33.9 Å². The number of carbonyl (C=O) groups is 2. The summed E-state index contributed by atoms with van der Waals surface area (Å²) < 4.78 is 5.37. The number of ether oxygens (including phenoxy) is 1. The van der Waals surface area contributed by atoms with Gasteiger partial charge in [0, 0.05) is 60.0 Å². The van der Waals surface area contributed by atoms with Crippen LogP contribution in [-0.4, -0.2) is 48.3 Å². The number of aromatic amines is 1. The molecule has 0 saturated carbocycles. The lowest BCUT2D eigenvalue weighted by molar-refractivity contribution is -0.116. The Kier molecular flexibility index (Phi) is 6.18. The van der Waals surface area contributed by atoms with Gasteiger partial charge in [-0.2, -0.15) is 0 Å². The summed E-state index contributed by atoms with van der Waals surface area (Å²) >= 11 is 0. The maximum absolute atomic E-state index is 12.3. The van der Waals surface area contributed by atoms with Gasteiger partial charge in [0.1, 0.15) is 5.75 Å². The molecule has 0 saturated heterocycles. The number of nitrogens with one attached hydrogen (secondary N) is 2. The lowest BCUT2D eigenvalue weighted by atomic mass is 9.98. The molecule has 1 amide bonds. The molecule has 160 valence electrons. The summed E-state index contributed by atoms with van der Waals surface area (Å²) in [7, 11) is 1.68. The molecule has 3 aromatic rings. The third kappa shape index (κ3) is 4.86. The molecular weight excluding hydrogens is 390 g/mol. The zero-order valence-corrected chi connectivity index (χ0v) is 17.9. The van der Waals surface area contributed by atoms with E-state index in [1.807, 2.05) is 12.1 Å². The second-order valence-electron chi connectivity index (χ2n) is 7.83. The summed E-state index contributed by atoms with van der Waals surface area (Å²) in [5.74, 6) is 0.851. The van der Waals surface area contributed by atoms with Gasteiger partial charge in [0.25, 0.3) is 0 Å². The Hall–Kier alpha value is -3.38. The van der Waals surface area contributed by atoms with Gasteiger partial charge in [-0.1, -0.05) is 6.08 Å². The number of ketones is 1. The summed E-state index contributed by atoms with van der Waals surface area (Å²) in [6, 6.07) is 13.1. The van der Waals surface area contributed by atoms with Crippen LogP contribution < -0.4 is 10.1 Å². The maximum Gasteiger partial charge on any atom is 0.225 e. The van der Waals surface area contributed by atoms with Crippen LogP contribution in [0.15, 0.2) is 54.7 Å². The highest BCUT2D eigenvalue weighted by atomic mass is 16.5. The molecule has 2 N–H and O–H groups in total. The van der Waals surface area contributed by atoms with Crippen LogP contribution in [0.5, 0.6) is 5.75 Å². The van der Waals surface area contributed by atoms with Gasteiger partial charge >= 0.3 is 0 Å². The van der Waals surface area contributed by atoms with Crippen molar-refractivity contribution in [3.8, 4) is 5.75 Å². The predicted octanol–water partition coefficient (Wildman–Crippen LogP) is 4.50. The third-order valence-electron chi connectivity index (χ3n) is 5.76. The second-order valence-corrected chi connectivity index (χ2v) is 7.83. The zero-order chi connectivity index (χ0) is 21.8. The Labute approximate surface area is 181 Å². The van der Waals surface area contributed by atoms with E-state index < -0.39 is 0 Å². The van der Waals surface area contributed by atoms with Crippen molar-refractivity contribution < 1.29 is 14.3 Å². The van der Waals surface area contributed by atoms with Gasteiger partial charge in [0.15, 0.2) is 5.78 Å². The third-order valence-corrected chi connectivity index (χ3v) is 5.76. The van der Waals surface area contributed by atoms with Crippen LogP contribution in [0.3, 0.4) is 0 Å². The predicted molar refractivity (Wildman–Crippen MR) is 124 cm³/mol. The van der Waals surface area contributed by atoms with Gasteiger partial charge < -0.3 is 15.0 Å². The highest BCUT2D eigenvalue weighted by Gasteiger charge is 2.17. The van der Waals surface area contributed by atoms with E-state index in [1.54, 1.807) is 31.4 Å². The summed E-state index contributed by atoms with van der Waals surface area (Å²) in [6.45, 7) is 3.99. The highest BCUT2D eigenvalue weighted by molar-refractivity contribution is 5.96. The van der Waals surface area contributed by atoms with Gasteiger partial charge in [0.05, 0.1) is 7.11 Å². The SMILES string of the molecule is COc1ccc2[nH]cc(C3=CCN(CCC(=O)Nc4ccc(C(C)=O)cc4)CC3)c2c1. The van der Waals surface area contributed by atoms with E-state index in [2.05, 4.69) is 33.5 Å². The summed E-state index contributed by atoms with van der Waals surface area (Å²) in [6.07, 6.45) is 5.70. The number of rotatable bonds is 7. The number of carbonyl (C=O) groups excluding carboxylic acids is 2. The van der Waals surface area contributed by atoms with Gasteiger partial charge in [-0.05, 0) is 61.4 Å². The minimum absolute atomic E-state index is 0.0159. The molecule has 0 radical (unpaired) electrons. The average molecular weight is 418 g/mol. The largest absolute Gasteiger partial charge is 0.497 e. The number of Topliss-reactive ketones (excluding diaryl/α,β-unsaturated/α-hetero) is 1. The molecule has 1 aliphatic rings. The van der Waals surface area contributed by atoms with Gasteiger partial charge in [-0.3, -0.25) is 14.5 Å². The lowest BCUT2D eigenvalue weighted by Crippen LogP contribution is -2.31. The molecule has 1 aromatic heterocycles. The van der Waals surface area contributed by atoms with E-state index in [0.717, 1.165) is 30.8 Å². The van der Waals surface area contributed by atoms with E-state index in [1.165, 1.54) is 23.4 Å². The van der Waals surface area contributed by atoms with Crippen LogP contribution in [-0.2, 0) is 4.79 Å². The molecule has 4 rings (SSSR count). The number of hydrogen-bond donors (Lipinski definition) is 2. The standard InChI is InChI=1S/C25H27N3O3/c1-17(29)18-3-5-20(6-4-18)27-25(30)11-14-28-12-9-19(10-13-28)23-16-26-24-8-7-21(31-2)15-22(23)24/h3-9,15-16,26H,10-14H2,1-2H3,(H,27,30). The summed E-state index contributed by atoms with van der Waals surface area (Å²) in [5.41, 5.74) is 5.01. The van der Waals surface area contributed by atoms with Crippen LogP contribution in [0.25, 0.3) is 16.5 Å². The summed E-state index contributed by atoms with van der Waals surface area (Å²) in [5, 5.41) is 4.08. The number of H-pyrrole nitrogens is 1. The minimum Gasteiger partial charge on any atom is -0.497 e. The van der Waals surface area contributed by atoms with E-state index in [4.69, 9.17) is 4.74 Å². The molecule has 6 nitrogen and oxygen atoms in total. The van der Waals surface area contributed by atoms with Crippen LogP contribution in [0.4, 0.5) is 5.69 Å². The van der Waals surface area contributed by atoms with Crippen molar-refractivity contribution in [2.45, 2.75) is 19.8 Å². The highest BCUT2D eigenvalue weighted by Crippen LogP contribution is 2.31. The summed E-state index contributed by atoms with van der Waals surface area (Å²) in [4.78, 5) is 29.3. The first-order chi connectivity index (χ1) is 15.0. The number of aromatic nitrogens is 1. The van der Waals surface area contributed by atoms with Crippen molar-refractivity contribution in [2.24, 2.45) is 0 Å². The number of nitrogens with zero attached hydrogens (tertiary/aromatic N) is 1. The van der Waals surface area contributed by atoms with Gasteiger partial charge in [-0.15, -0.1) is 0 Å². The topological polar surface area (TPSA) is 74.4 Å². The Morgan fingerprint density at radius 1 is 1.16 bits per heavy atom. The smallest absolute Gasteiger partial charge is 0.225 e. The molecule has 0 spiro atoms. The fourth-order valence-corrected chi connectivity index (χ4v) is 3.92. The fourth-order valence-electron chi connectivity index (χ4n) is 3.92. The molecule has 0 atom stereocenters. The molecule has 6 heteroatoms. The van der Waals surface area contributed by atoms with Crippen molar-refractivity contribution in [3.05, 3.63) is 65.9 Å². The average Bonchev–Trinajstić information content (AvgIpc) is 3.21. The van der Waals surface area contributed by atoms with Gasteiger partial charge in [-0.25, -0.2) is 0 Å².